The van der Waals surface area contributed by atoms with Crippen molar-refractivity contribution in [3.8, 4) is 5.75 Å². The van der Waals surface area contributed by atoms with Gasteiger partial charge in [0, 0.05) is 10.5 Å². The van der Waals surface area contributed by atoms with Crippen molar-refractivity contribution in [1.29, 1.82) is 0 Å². The largest absolute Gasteiger partial charge is 0.506 e. The molecule has 1 aromatic rings. The third kappa shape index (κ3) is 2.15. The lowest BCUT2D eigenvalue weighted by Crippen LogP contribution is -2.14. The molecule has 0 spiro atoms. The van der Waals surface area contributed by atoms with Crippen LogP contribution in [-0.4, -0.2) is 23.1 Å². The minimum atomic E-state index is -0.507. The van der Waals surface area contributed by atoms with E-state index in [1.165, 1.54) is 11.8 Å². The van der Waals surface area contributed by atoms with Crippen molar-refractivity contribution in [2.24, 2.45) is 5.73 Å². The zero-order valence-electron chi connectivity index (χ0n) is 7.40. The highest BCUT2D eigenvalue weighted by Gasteiger charge is 2.11. The summed E-state index contributed by atoms with van der Waals surface area (Å²) < 4.78 is 0. The van der Waals surface area contributed by atoms with Gasteiger partial charge in [-0.15, -0.1) is 11.8 Å². The van der Waals surface area contributed by atoms with Crippen LogP contribution < -0.4 is 5.73 Å². The standard InChI is InChI=1S/C9H13NO2S/c1-13-8-4-2-3-6(9(8)12)7(10)5-11/h2-4,7,11-12H,5,10H2,1H3/t7-/m0/s1. The predicted octanol–water partition coefficient (Wildman–Crippen LogP) is 1.11. The molecule has 0 fully saturated rings. The van der Waals surface area contributed by atoms with E-state index in [1.807, 2.05) is 18.4 Å². The first-order chi connectivity index (χ1) is 6.20. The Labute approximate surface area is 81.6 Å². The van der Waals surface area contributed by atoms with Crippen molar-refractivity contribution in [1.82, 2.24) is 0 Å². The quantitative estimate of drug-likeness (QED) is 0.638. The highest BCUT2D eigenvalue weighted by Crippen LogP contribution is 2.32. The third-order valence-corrected chi connectivity index (χ3v) is 2.62. The number of rotatable bonds is 3. The van der Waals surface area contributed by atoms with Gasteiger partial charge in [0.15, 0.2) is 0 Å². The minimum Gasteiger partial charge on any atom is -0.506 e. The molecule has 0 saturated carbocycles. The van der Waals surface area contributed by atoms with Crippen molar-refractivity contribution in [3.63, 3.8) is 0 Å². The van der Waals surface area contributed by atoms with Gasteiger partial charge in [0.25, 0.3) is 0 Å². The number of aromatic hydroxyl groups is 1. The maximum Gasteiger partial charge on any atom is 0.133 e. The van der Waals surface area contributed by atoms with Gasteiger partial charge in [0.1, 0.15) is 5.75 Å². The number of benzene rings is 1. The molecule has 0 aliphatic carbocycles. The summed E-state index contributed by atoms with van der Waals surface area (Å²) in [6.45, 7) is -0.161. The Balaban J connectivity index is 3.08. The Morgan fingerprint density at radius 1 is 1.54 bits per heavy atom. The first kappa shape index (κ1) is 10.4. The summed E-state index contributed by atoms with van der Waals surface area (Å²) in [7, 11) is 0. The number of aliphatic hydroxyl groups excluding tert-OH is 1. The second kappa shape index (κ2) is 4.50. The van der Waals surface area contributed by atoms with Crippen LogP contribution in [0.15, 0.2) is 23.1 Å². The van der Waals surface area contributed by atoms with Crippen molar-refractivity contribution < 1.29 is 10.2 Å². The highest BCUT2D eigenvalue weighted by molar-refractivity contribution is 7.98. The molecule has 0 radical (unpaired) electrons. The second-order valence-corrected chi connectivity index (χ2v) is 3.54. The summed E-state index contributed by atoms with van der Waals surface area (Å²) in [5, 5.41) is 18.5. The van der Waals surface area contributed by atoms with Gasteiger partial charge < -0.3 is 15.9 Å². The zero-order chi connectivity index (χ0) is 9.84. The molecule has 0 unspecified atom stereocenters. The Hall–Kier alpha value is -0.710. The highest BCUT2D eigenvalue weighted by atomic mass is 32.2. The van der Waals surface area contributed by atoms with Crippen LogP contribution in [0.1, 0.15) is 11.6 Å². The van der Waals surface area contributed by atoms with Crippen LogP contribution in [0.4, 0.5) is 0 Å². The van der Waals surface area contributed by atoms with Crippen LogP contribution in [0.3, 0.4) is 0 Å². The molecular weight excluding hydrogens is 186 g/mol. The lowest BCUT2D eigenvalue weighted by Gasteiger charge is -2.12. The maximum absolute atomic E-state index is 9.68. The number of para-hydroxylation sites is 1. The monoisotopic (exact) mass is 199 g/mol. The van der Waals surface area contributed by atoms with E-state index >= 15 is 0 Å². The molecule has 72 valence electrons. The van der Waals surface area contributed by atoms with E-state index in [2.05, 4.69) is 0 Å². The number of thioether (sulfide) groups is 1. The molecule has 4 N–H and O–H groups in total. The SMILES string of the molecule is CSc1cccc([C@@H](N)CO)c1O. The smallest absolute Gasteiger partial charge is 0.133 e. The van der Waals surface area contributed by atoms with Crippen LogP contribution in [0, 0.1) is 0 Å². The van der Waals surface area contributed by atoms with Gasteiger partial charge >= 0.3 is 0 Å². The molecule has 0 aliphatic rings. The van der Waals surface area contributed by atoms with E-state index in [1.54, 1.807) is 6.07 Å². The average molecular weight is 199 g/mol. The molecule has 4 heteroatoms. The lowest BCUT2D eigenvalue weighted by atomic mass is 10.1. The Morgan fingerprint density at radius 3 is 2.77 bits per heavy atom. The van der Waals surface area contributed by atoms with E-state index in [0.29, 0.717) is 5.56 Å². The maximum atomic E-state index is 9.68. The lowest BCUT2D eigenvalue weighted by molar-refractivity contribution is 0.265. The summed E-state index contributed by atoms with van der Waals surface area (Å²) >= 11 is 1.45. The number of phenols is 1. The Kier molecular flexibility index (Phi) is 3.59. The van der Waals surface area contributed by atoms with Crippen LogP contribution in [0.2, 0.25) is 0 Å². The average Bonchev–Trinajstić information content (AvgIpc) is 2.17. The van der Waals surface area contributed by atoms with Gasteiger partial charge in [-0.05, 0) is 12.3 Å². The van der Waals surface area contributed by atoms with Gasteiger partial charge in [-0.2, -0.15) is 0 Å². The van der Waals surface area contributed by atoms with Crippen molar-refractivity contribution in [2.45, 2.75) is 10.9 Å². The number of hydrogen-bond acceptors (Lipinski definition) is 4. The van der Waals surface area contributed by atoms with Gasteiger partial charge in [-0.3, -0.25) is 0 Å². The molecule has 0 bridgehead atoms. The zero-order valence-corrected chi connectivity index (χ0v) is 8.21. The molecule has 0 aromatic heterocycles. The summed E-state index contributed by atoms with van der Waals surface area (Å²) in [6.07, 6.45) is 1.88. The van der Waals surface area contributed by atoms with E-state index in [0.717, 1.165) is 4.90 Å². The van der Waals surface area contributed by atoms with Gasteiger partial charge in [0.2, 0.25) is 0 Å². The molecule has 3 nitrogen and oxygen atoms in total. The van der Waals surface area contributed by atoms with Gasteiger partial charge in [0.05, 0.1) is 12.6 Å². The Morgan fingerprint density at radius 2 is 2.23 bits per heavy atom. The third-order valence-electron chi connectivity index (χ3n) is 1.85. The summed E-state index contributed by atoms with van der Waals surface area (Å²) in [6, 6.07) is 4.84. The molecule has 0 heterocycles. The first-order valence-electron chi connectivity index (χ1n) is 3.93. The van der Waals surface area contributed by atoms with E-state index < -0.39 is 6.04 Å². The fourth-order valence-corrected chi connectivity index (χ4v) is 1.63. The number of aliphatic hydroxyl groups is 1. The van der Waals surface area contributed by atoms with Crippen molar-refractivity contribution in [3.05, 3.63) is 23.8 Å². The summed E-state index contributed by atoms with van der Waals surface area (Å²) in [5.41, 5.74) is 6.19. The number of phenolic OH excluding ortho intramolecular Hbond substituents is 1. The number of hydrogen-bond donors (Lipinski definition) is 3. The molecule has 1 atom stereocenters. The normalized spacial score (nSPS) is 12.8. The molecule has 13 heavy (non-hydrogen) atoms. The topological polar surface area (TPSA) is 66.5 Å². The van der Waals surface area contributed by atoms with Crippen LogP contribution in [0.5, 0.6) is 5.75 Å². The van der Waals surface area contributed by atoms with E-state index in [-0.39, 0.29) is 12.4 Å². The van der Waals surface area contributed by atoms with E-state index in [4.69, 9.17) is 10.8 Å². The van der Waals surface area contributed by atoms with Crippen LogP contribution in [-0.2, 0) is 0 Å². The first-order valence-corrected chi connectivity index (χ1v) is 5.15. The van der Waals surface area contributed by atoms with Crippen LogP contribution >= 0.6 is 11.8 Å². The Bertz CT molecular complexity index is 291. The second-order valence-electron chi connectivity index (χ2n) is 2.69. The van der Waals surface area contributed by atoms with Gasteiger partial charge in [-0.25, -0.2) is 0 Å². The van der Waals surface area contributed by atoms with E-state index in [9.17, 15) is 5.11 Å². The molecule has 0 saturated heterocycles. The van der Waals surface area contributed by atoms with Crippen molar-refractivity contribution >= 4 is 11.8 Å². The molecular formula is C9H13NO2S. The summed E-state index contributed by atoms with van der Waals surface area (Å²) in [4.78, 5) is 0.779. The fourth-order valence-electron chi connectivity index (χ4n) is 1.10. The molecule has 0 aliphatic heterocycles. The summed E-state index contributed by atoms with van der Waals surface area (Å²) in [5.74, 6) is 0.177. The van der Waals surface area contributed by atoms with Gasteiger partial charge in [-0.1, -0.05) is 12.1 Å². The molecule has 0 amide bonds. The predicted molar refractivity (Wildman–Crippen MR) is 53.9 cm³/mol. The molecule has 1 rings (SSSR count). The fraction of sp³-hybridized carbons (Fsp3) is 0.333. The number of nitrogens with two attached hydrogens (primary N) is 1. The van der Waals surface area contributed by atoms with Crippen molar-refractivity contribution in [2.75, 3.05) is 12.9 Å². The minimum absolute atomic E-state index is 0.161. The molecule has 1 aromatic carbocycles. The van der Waals surface area contributed by atoms with Crippen LogP contribution in [0.25, 0.3) is 0 Å².